The second-order valence-corrected chi connectivity index (χ2v) is 5.31. The molecule has 0 radical (unpaired) electrons. The van der Waals surface area contributed by atoms with Crippen molar-refractivity contribution in [2.45, 2.75) is 19.5 Å². The number of halogens is 3. The lowest BCUT2D eigenvalue weighted by atomic mass is 10.1. The van der Waals surface area contributed by atoms with Gasteiger partial charge in [0.15, 0.2) is 0 Å². The minimum atomic E-state index is -0.422. The van der Waals surface area contributed by atoms with Crippen LogP contribution in [0.2, 0.25) is 0 Å². The lowest BCUT2D eigenvalue weighted by Gasteiger charge is -2.14. The molecule has 0 aliphatic heterocycles. The summed E-state index contributed by atoms with van der Waals surface area (Å²) in [6, 6.07) is 11.4. The average molecular weight is 326 g/mol. The van der Waals surface area contributed by atoms with Crippen LogP contribution >= 0.6 is 15.9 Å². The highest BCUT2D eigenvalue weighted by Crippen LogP contribution is 2.17. The zero-order chi connectivity index (χ0) is 13.8. The SMILES string of the molecule is C[C@H](NCc1cc(F)ccc1F)c1ccc(Br)cc1. The van der Waals surface area contributed by atoms with Gasteiger partial charge in [0, 0.05) is 22.6 Å². The summed E-state index contributed by atoms with van der Waals surface area (Å²) >= 11 is 3.38. The third kappa shape index (κ3) is 3.85. The van der Waals surface area contributed by atoms with E-state index in [-0.39, 0.29) is 6.04 Å². The number of benzene rings is 2. The molecule has 0 spiro atoms. The van der Waals surface area contributed by atoms with Crippen molar-refractivity contribution in [2.24, 2.45) is 0 Å². The number of nitrogens with one attached hydrogen (secondary N) is 1. The Labute approximate surface area is 119 Å². The van der Waals surface area contributed by atoms with Crippen molar-refractivity contribution >= 4 is 15.9 Å². The van der Waals surface area contributed by atoms with E-state index in [0.29, 0.717) is 12.1 Å². The van der Waals surface area contributed by atoms with Gasteiger partial charge in [-0.05, 0) is 42.8 Å². The van der Waals surface area contributed by atoms with Gasteiger partial charge in [-0.3, -0.25) is 0 Å². The lowest BCUT2D eigenvalue weighted by Crippen LogP contribution is -2.18. The van der Waals surface area contributed by atoms with Gasteiger partial charge in [-0.1, -0.05) is 28.1 Å². The molecular formula is C15H14BrF2N. The van der Waals surface area contributed by atoms with E-state index in [1.54, 1.807) is 0 Å². The van der Waals surface area contributed by atoms with Crippen LogP contribution in [0.25, 0.3) is 0 Å². The van der Waals surface area contributed by atoms with Crippen LogP contribution in [0, 0.1) is 11.6 Å². The van der Waals surface area contributed by atoms with Crippen molar-refractivity contribution in [3.63, 3.8) is 0 Å². The molecule has 0 saturated heterocycles. The fourth-order valence-corrected chi connectivity index (χ4v) is 2.08. The van der Waals surface area contributed by atoms with Gasteiger partial charge in [0.1, 0.15) is 11.6 Å². The standard InChI is InChI=1S/C15H14BrF2N/c1-10(11-2-4-13(16)5-3-11)19-9-12-8-14(17)6-7-15(12)18/h2-8,10,19H,9H2,1H3/t10-/m0/s1. The first-order chi connectivity index (χ1) is 9.06. The van der Waals surface area contributed by atoms with E-state index >= 15 is 0 Å². The molecule has 0 fully saturated rings. The van der Waals surface area contributed by atoms with Crippen molar-refractivity contribution in [1.82, 2.24) is 5.32 Å². The van der Waals surface area contributed by atoms with Gasteiger partial charge in [0.2, 0.25) is 0 Å². The summed E-state index contributed by atoms with van der Waals surface area (Å²) in [6.07, 6.45) is 0. The van der Waals surface area contributed by atoms with Crippen molar-refractivity contribution < 1.29 is 8.78 Å². The largest absolute Gasteiger partial charge is 0.306 e. The average Bonchev–Trinajstić information content (AvgIpc) is 2.40. The minimum Gasteiger partial charge on any atom is -0.306 e. The molecule has 1 atom stereocenters. The van der Waals surface area contributed by atoms with Crippen molar-refractivity contribution in [3.8, 4) is 0 Å². The highest BCUT2D eigenvalue weighted by molar-refractivity contribution is 9.10. The first kappa shape index (κ1) is 14.2. The molecule has 100 valence electrons. The highest BCUT2D eigenvalue weighted by atomic mass is 79.9. The van der Waals surface area contributed by atoms with Crippen LogP contribution in [0.15, 0.2) is 46.9 Å². The molecule has 0 bridgehead atoms. The van der Waals surface area contributed by atoms with Crippen LogP contribution in [0.4, 0.5) is 8.78 Å². The molecule has 1 nitrogen and oxygen atoms in total. The fraction of sp³-hybridized carbons (Fsp3) is 0.200. The second kappa shape index (κ2) is 6.26. The molecule has 2 rings (SSSR count). The van der Waals surface area contributed by atoms with Gasteiger partial charge in [0.25, 0.3) is 0 Å². The summed E-state index contributed by atoms with van der Waals surface area (Å²) in [6.45, 7) is 2.28. The Kier molecular flexibility index (Phi) is 4.66. The Bertz CT molecular complexity index is 555. The second-order valence-electron chi connectivity index (χ2n) is 4.39. The first-order valence-corrected chi connectivity index (χ1v) is 6.78. The molecular weight excluding hydrogens is 312 g/mol. The van der Waals surface area contributed by atoms with E-state index < -0.39 is 11.6 Å². The molecule has 0 aliphatic rings. The van der Waals surface area contributed by atoms with Gasteiger partial charge in [-0.15, -0.1) is 0 Å². The normalized spacial score (nSPS) is 12.4. The van der Waals surface area contributed by atoms with Gasteiger partial charge in [0.05, 0.1) is 0 Å². The molecule has 0 aromatic heterocycles. The molecule has 0 amide bonds. The Balaban J connectivity index is 2.02. The number of hydrogen-bond acceptors (Lipinski definition) is 1. The Morgan fingerprint density at radius 1 is 1.11 bits per heavy atom. The van der Waals surface area contributed by atoms with E-state index in [4.69, 9.17) is 0 Å². The van der Waals surface area contributed by atoms with E-state index in [2.05, 4.69) is 21.2 Å². The summed E-state index contributed by atoms with van der Waals surface area (Å²) < 4.78 is 27.5. The quantitative estimate of drug-likeness (QED) is 0.867. The minimum absolute atomic E-state index is 0.0655. The van der Waals surface area contributed by atoms with Gasteiger partial charge in [-0.2, -0.15) is 0 Å². The van der Waals surface area contributed by atoms with Crippen molar-refractivity contribution in [2.75, 3.05) is 0 Å². The third-order valence-electron chi connectivity index (χ3n) is 2.98. The van der Waals surface area contributed by atoms with E-state index in [1.807, 2.05) is 31.2 Å². The third-order valence-corrected chi connectivity index (χ3v) is 3.51. The molecule has 2 aromatic carbocycles. The van der Waals surface area contributed by atoms with Crippen LogP contribution in [0.3, 0.4) is 0 Å². The predicted octanol–water partition coefficient (Wildman–Crippen LogP) is 4.58. The number of rotatable bonds is 4. The maximum absolute atomic E-state index is 13.5. The maximum atomic E-state index is 13.5. The molecule has 0 aliphatic carbocycles. The van der Waals surface area contributed by atoms with Gasteiger partial charge >= 0.3 is 0 Å². The molecule has 19 heavy (non-hydrogen) atoms. The number of hydrogen-bond donors (Lipinski definition) is 1. The Morgan fingerprint density at radius 3 is 2.47 bits per heavy atom. The van der Waals surface area contributed by atoms with Crippen LogP contribution in [0.5, 0.6) is 0 Å². The van der Waals surface area contributed by atoms with Crippen LogP contribution < -0.4 is 5.32 Å². The highest BCUT2D eigenvalue weighted by Gasteiger charge is 2.08. The van der Waals surface area contributed by atoms with E-state index in [9.17, 15) is 8.78 Å². The molecule has 0 unspecified atom stereocenters. The fourth-order valence-electron chi connectivity index (χ4n) is 1.81. The molecule has 0 heterocycles. The Morgan fingerprint density at radius 2 is 1.79 bits per heavy atom. The topological polar surface area (TPSA) is 12.0 Å². The smallest absolute Gasteiger partial charge is 0.127 e. The van der Waals surface area contributed by atoms with Crippen LogP contribution in [-0.2, 0) is 6.54 Å². The Hall–Kier alpha value is -1.26. The zero-order valence-electron chi connectivity index (χ0n) is 10.5. The van der Waals surface area contributed by atoms with Crippen LogP contribution in [-0.4, -0.2) is 0 Å². The zero-order valence-corrected chi connectivity index (χ0v) is 12.0. The van der Waals surface area contributed by atoms with E-state index in [1.165, 1.54) is 6.07 Å². The maximum Gasteiger partial charge on any atom is 0.127 e. The van der Waals surface area contributed by atoms with Gasteiger partial charge < -0.3 is 5.32 Å². The predicted molar refractivity (Wildman–Crippen MR) is 75.8 cm³/mol. The molecule has 4 heteroatoms. The first-order valence-electron chi connectivity index (χ1n) is 5.99. The van der Waals surface area contributed by atoms with Crippen molar-refractivity contribution in [1.29, 1.82) is 0 Å². The lowest BCUT2D eigenvalue weighted by molar-refractivity contribution is 0.535. The summed E-state index contributed by atoms with van der Waals surface area (Å²) in [7, 11) is 0. The molecule has 0 saturated carbocycles. The van der Waals surface area contributed by atoms with Crippen LogP contribution in [0.1, 0.15) is 24.1 Å². The summed E-state index contributed by atoms with van der Waals surface area (Å²) in [5.41, 5.74) is 1.43. The molecule has 2 aromatic rings. The van der Waals surface area contributed by atoms with Gasteiger partial charge in [-0.25, -0.2) is 8.78 Å². The monoisotopic (exact) mass is 325 g/mol. The summed E-state index contributed by atoms with van der Waals surface area (Å²) in [5.74, 6) is -0.814. The molecule has 1 N–H and O–H groups in total. The van der Waals surface area contributed by atoms with E-state index in [0.717, 1.165) is 22.2 Å². The summed E-state index contributed by atoms with van der Waals surface area (Å²) in [5, 5.41) is 3.18. The summed E-state index contributed by atoms with van der Waals surface area (Å²) in [4.78, 5) is 0. The van der Waals surface area contributed by atoms with Crippen molar-refractivity contribution in [3.05, 3.63) is 69.7 Å².